The normalized spacial score (nSPS) is 20.0. The Morgan fingerprint density at radius 2 is 1.79 bits per heavy atom. The van der Waals surface area contributed by atoms with Crippen LogP contribution < -0.4 is 9.47 Å². The second-order valence-electron chi connectivity index (χ2n) is 6.96. The van der Waals surface area contributed by atoms with Gasteiger partial charge in [0.15, 0.2) is 0 Å². The second kappa shape index (κ2) is 5.59. The summed E-state index contributed by atoms with van der Waals surface area (Å²) in [6.07, 6.45) is 3.24. The predicted molar refractivity (Wildman–Crippen MR) is 97.2 cm³/mol. The highest BCUT2D eigenvalue weighted by Gasteiger charge is 2.33. The van der Waals surface area contributed by atoms with Crippen LogP contribution in [0.3, 0.4) is 0 Å². The van der Waals surface area contributed by atoms with E-state index in [1.807, 2.05) is 12.1 Å². The molecule has 1 aliphatic rings. The first-order chi connectivity index (χ1) is 11.6. The number of aryl methyl sites for hydroxylation is 1. The molecule has 24 heavy (non-hydrogen) atoms. The standard InChI is InChI=1S/C21H23NO2/c1-21(14-5-4-6-15(11-14)23-2)10-9-17-18-12-16(24-3)7-8-19(18)22-20(17)13-21/h4-8,11-12,22H,9-10,13H2,1-3H3/t21-/m0/s1. The molecule has 1 heterocycles. The SMILES string of the molecule is COc1cccc([C@@]2(C)CCc3c([nH]c4ccc(OC)cc34)C2)c1. The Morgan fingerprint density at radius 1 is 1.00 bits per heavy atom. The van der Waals surface area contributed by atoms with Gasteiger partial charge in [-0.05, 0) is 66.1 Å². The highest BCUT2D eigenvalue weighted by Crippen LogP contribution is 2.41. The Morgan fingerprint density at radius 3 is 2.58 bits per heavy atom. The summed E-state index contributed by atoms with van der Waals surface area (Å²) in [6, 6.07) is 14.8. The zero-order chi connectivity index (χ0) is 16.7. The Balaban J connectivity index is 1.75. The molecule has 1 N–H and O–H groups in total. The molecule has 3 nitrogen and oxygen atoms in total. The average molecular weight is 321 g/mol. The van der Waals surface area contributed by atoms with Crippen molar-refractivity contribution in [2.75, 3.05) is 14.2 Å². The topological polar surface area (TPSA) is 34.2 Å². The minimum atomic E-state index is 0.131. The molecule has 0 radical (unpaired) electrons. The van der Waals surface area contributed by atoms with Crippen LogP contribution in [0.4, 0.5) is 0 Å². The molecule has 0 saturated carbocycles. The lowest BCUT2D eigenvalue weighted by atomic mass is 9.70. The fourth-order valence-electron chi connectivity index (χ4n) is 3.97. The number of hydrogen-bond acceptors (Lipinski definition) is 2. The predicted octanol–water partition coefficient (Wildman–Crippen LogP) is 4.63. The molecule has 3 aromatic rings. The van der Waals surface area contributed by atoms with Gasteiger partial charge in [0.25, 0.3) is 0 Å². The zero-order valence-electron chi connectivity index (χ0n) is 14.5. The van der Waals surface area contributed by atoms with Crippen molar-refractivity contribution < 1.29 is 9.47 Å². The first-order valence-corrected chi connectivity index (χ1v) is 8.45. The number of rotatable bonds is 3. The summed E-state index contributed by atoms with van der Waals surface area (Å²) in [5.41, 5.74) is 5.49. The lowest BCUT2D eigenvalue weighted by Crippen LogP contribution is -2.30. The number of H-pyrrole nitrogens is 1. The fourth-order valence-corrected chi connectivity index (χ4v) is 3.97. The molecule has 0 bridgehead atoms. The molecule has 1 aromatic heterocycles. The molecule has 2 aromatic carbocycles. The van der Waals surface area contributed by atoms with E-state index in [1.54, 1.807) is 14.2 Å². The van der Waals surface area contributed by atoms with Crippen LogP contribution in [0.2, 0.25) is 0 Å². The number of fused-ring (bicyclic) bond motifs is 3. The van der Waals surface area contributed by atoms with Crippen LogP contribution in [0.1, 0.15) is 30.2 Å². The van der Waals surface area contributed by atoms with E-state index in [4.69, 9.17) is 9.47 Å². The summed E-state index contributed by atoms with van der Waals surface area (Å²) in [4.78, 5) is 3.63. The Labute approximate surface area is 142 Å². The lowest BCUT2D eigenvalue weighted by Gasteiger charge is -2.34. The van der Waals surface area contributed by atoms with Gasteiger partial charge in [0.1, 0.15) is 11.5 Å². The van der Waals surface area contributed by atoms with Gasteiger partial charge in [-0.25, -0.2) is 0 Å². The van der Waals surface area contributed by atoms with Crippen LogP contribution in [-0.2, 0) is 18.3 Å². The number of aromatic amines is 1. The number of nitrogens with one attached hydrogen (secondary N) is 1. The van der Waals surface area contributed by atoms with Gasteiger partial charge in [0.05, 0.1) is 14.2 Å². The highest BCUT2D eigenvalue weighted by atomic mass is 16.5. The maximum atomic E-state index is 5.41. The largest absolute Gasteiger partial charge is 0.497 e. The highest BCUT2D eigenvalue weighted by molar-refractivity contribution is 5.86. The third-order valence-electron chi connectivity index (χ3n) is 5.46. The van der Waals surface area contributed by atoms with Gasteiger partial charge >= 0.3 is 0 Å². The van der Waals surface area contributed by atoms with Crippen LogP contribution in [0.25, 0.3) is 10.9 Å². The number of aromatic nitrogens is 1. The second-order valence-corrected chi connectivity index (χ2v) is 6.96. The molecule has 4 rings (SSSR count). The molecule has 0 amide bonds. The lowest BCUT2D eigenvalue weighted by molar-refractivity contribution is 0.393. The summed E-state index contributed by atoms with van der Waals surface area (Å²) >= 11 is 0. The zero-order valence-corrected chi connectivity index (χ0v) is 14.5. The van der Waals surface area contributed by atoms with E-state index in [2.05, 4.69) is 42.2 Å². The van der Waals surface area contributed by atoms with Crippen molar-refractivity contribution >= 4 is 10.9 Å². The van der Waals surface area contributed by atoms with E-state index < -0.39 is 0 Å². The minimum absolute atomic E-state index is 0.131. The van der Waals surface area contributed by atoms with Crippen molar-refractivity contribution in [2.45, 2.75) is 31.6 Å². The Kier molecular flexibility index (Phi) is 3.52. The molecule has 1 aliphatic carbocycles. The smallest absolute Gasteiger partial charge is 0.119 e. The summed E-state index contributed by atoms with van der Waals surface area (Å²) in [5, 5.41) is 1.30. The molecule has 0 spiro atoms. The van der Waals surface area contributed by atoms with E-state index in [9.17, 15) is 0 Å². The molecule has 3 heteroatoms. The van der Waals surface area contributed by atoms with Crippen LogP contribution >= 0.6 is 0 Å². The van der Waals surface area contributed by atoms with E-state index >= 15 is 0 Å². The van der Waals surface area contributed by atoms with E-state index in [0.717, 1.165) is 30.8 Å². The molecule has 1 atom stereocenters. The number of ether oxygens (including phenoxy) is 2. The van der Waals surface area contributed by atoms with Gasteiger partial charge in [-0.1, -0.05) is 19.1 Å². The minimum Gasteiger partial charge on any atom is -0.497 e. The molecular weight excluding hydrogens is 298 g/mol. The van der Waals surface area contributed by atoms with Crippen LogP contribution in [-0.4, -0.2) is 19.2 Å². The maximum absolute atomic E-state index is 5.41. The van der Waals surface area contributed by atoms with Gasteiger partial charge in [-0.2, -0.15) is 0 Å². The Bertz CT molecular complexity index is 896. The first-order valence-electron chi connectivity index (χ1n) is 8.45. The fraction of sp³-hybridized carbons (Fsp3) is 0.333. The van der Waals surface area contributed by atoms with Crippen molar-refractivity contribution in [3.05, 3.63) is 59.3 Å². The molecule has 0 aliphatic heterocycles. The molecule has 0 fully saturated rings. The number of hydrogen-bond donors (Lipinski definition) is 1. The third kappa shape index (κ3) is 2.35. The molecule has 0 unspecified atom stereocenters. The molecule has 0 saturated heterocycles. The average Bonchev–Trinajstić information content (AvgIpc) is 2.97. The van der Waals surface area contributed by atoms with Crippen LogP contribution in [0, 0.1) is 0 Å². The number of benzene rings is 2. The van der Waals surface area contributed by atoms with Gasteiger partial charge in [-0.15, -0.1) is 0 Å². The number of methoxy groups -OCH3 is 2. The van der Waals surface area contributed by atoms with Gasteiger partial charge < -0.3 is 14.5 Å². The van der Waals surface area contributed by atoms with Crippen molar-refractivity contribution in [3.8, 4) is 11.5 Å². The maximum Gasteiger partial charge on any atom is 0.119 e. The molecule has 124 valence electrons. The summed E-state index contributed by atoms with van der Waals surface area (Å²) in [7, 11) is 3.45. The van der Waals surface area contributed by atoms with Crippen LogP contribution in [0.5, 0.6) is 11.5 Å². The summed E-state index contributed by atoms with van der Waals surface area (Å²) in [5.74, 6) is 1.85. The van der Waals surface area contributed by atoms with Gasteiger partial charge in [0, 0.05) is 16.6 Å². The van der Waals surface area contributed by atoms with Crippen molar-refractivity contribution in [2.24, 2.45) is 0 Å². The summed E-state index contributed by atoms with van der Waals surface area (Å²) in [6.45, 7) is 2.36. The Hall–Kier alpha value is -2.42. The quantitative estimate of drug-likeness (QED) is 0.763. The summed E-state index contributed by atoms with van der Waals surface area (Å²) < 4.78 is 10.8. The van der Waals surface area contributed by atoms with Crippen molar-refractivity contribution in [3.63, 3.8) is 0 Å². The van der Waals surface area contributed by atoms with Gasteiger partial charge in [-0.3, -0.25) is 0 Å². The van der Waals surface area contributed by atoms with E-state index in [1.165, 1.54) is 27.7 Å². The molecular formula is C21H23NO2. The van der Waals surface area contributed by atoms with Crippen LogP contribution in [0.15, 0.2) is 42.5 Å². The van der Waals surface area contributed by atoms with Crippen molar-refractivity contribution in [1.82, 2.24) is 4.98 Å². The van der Waals surface area contributed by atoms with Crippen molar-refractivity contribution in [1.29, 1.82) is 0 Å². The van der Waals surface area contributed by atoms with E-state index in [-0.39, 0.29) is 5.41 Å². The van der Waals surface area contributed by atoms with Gasteiger partial charge in [0.2, 0.25) is 0 Å². The monoisotopic (exact) mass is 321 g/mol. The van der Waals surface area contributed by atoms with E-state index in [0.29, 0.717) is 0 Å². The third-order valence-corrected chi connectivity index (χ3v) is 5.46. The first kappa shape index (κ1) is 15.1.